The van der Waals surface area contributed by atoms with Crippen molar-refractivity contribution in [3.8, 4) is 0 Å². The lowest BCUT2D eigenvalue weighted by atomic mass is 10.1. The maximum Gasteiger partial charge on any atom is 0.257 e. The lowest BCUT2D eigenvalue weighted by Crippen LogP contribution is -2.49. The highest BCUT2D eigenvalue weighted by Gasteiger charge is 2.37. The minimum atomic E-state index is -0.282. The zero-order valence-electron chi connectivity index (χ0n) is 11.5. The largest absolute Gasteiger partial charge is 0.341 e. The van der Waals surface area contributed by atoms with Crippen LogP contribution >= 0.6 is 0 Å². The summed E-state index contributed by atoms with van der Waals surface area (Å²) in [5.74, 6) is 0.0330. The van der Waals surface area contributed by atoms with Crippen LogP contribution < -0.4 is 0 Å². The second-order valence-electron chi connectivity index (χ2n) is 5.53. The Morgan fingerprint density at radius 3 is 2.65 bits per heavy atom. The third-order valence-electron chi connectivity index (χ3n) is 4.21. The van der Waals surface area contributed by atoms with Gasteiger partial charge in [-0.2, -0.15) is 5.10 Å². The molecule has 0 bridgehead atoms. The molecule has 2 aliphatic heterocycles. The van der Waals surface area contributed by atoms with Crippen molar-refractivity contribution in [2.24, 2.45) is 0 Å². The standard InChI is InChI=1S/C14H20N4O2/c19-13(11-9-15-16-10-11)18-8-4-5-12(18)14(20)17-6-2-1-3-7-17/h9-10,12H,1-8H2,(H,15,16)/t12-/m0/s1. The molecule has 2 amide bonds. The number of hydrogen-bond donors (Lipinski definition) is 1. The average molecular weight is 276 g/mol. The number of nitrogens with zero attached hydrogens (tertiary/aromatic N) is 3. The van der Waals surface area contributed by atoms with Crippen LogP contribution in [0, 0.1) is 0 Å². The van der Waals surface area contributed by atoms with Gasteiger partial charge in [0.25, 0.3) is 5.91 Å². The molecule has 2 aliphatic rings. The van der Waals surface area contributed by atoms with Crippen molar-refractivity contribution < 1.29 is 9.59 Å². The number of amides is 2. The molecule has 6 heteroatoms. The van der Waals surface area contributed by atoms with Crippen LogP contribution in [-0.2, 0) is 4.79 Å². The van der Waals surface area contributed by atoms with Crippen molar-refractivity contribution in [3.05, 3.63) is 18.0 Å². The van der Waals surface area contributed by atoms with Gasteiger partial charge in [0.1, 0.15) is 6.04 Å². The fraction of sp³-hybridized carbons (Fsp3) is 0.643. The number of H-pyrrole nitrogens is 1. The number of aromatic nitrogens is 2. The van der Waals surface area contributed by atoms with E-state index >= 15 is 0 Å². The molecule has 2 saturated heterocycles. The first-order valence-corrected chi connectivity index (χ1v) is 7.36. The van der Waals surface area contributed by atoms with Crippen molar-refractivity contribution in [1.82, 2.24) is 20.0 Å². The summed E-state index contributed by atoms with van der Waals surface area (Å²) in [4.78, 5) is 28.6. The van der Waals surface area contributed by atoms with Crippen LogP contribution in [0.3, 0.4) is 0 Å². The predicted molar refractivity (Wildman–Crippen MR) is 73.1 cm³/mol. The summed E-state index contributed by atoms with van der Waals surface area (Å²) >= 11 is 0. The van der Waals surface area contributed by atoms with Gasteiger partial charge in [0, 0.05) is 25.8 Å². The molecule has 0 radical (unpaired) electrons. The normalized spacial score (nSPS) is 23.1. The van der Waals surface area contributed by atoms with Gasteiger partial charge >= 0.3 is 0 Å². The topological polar surface area (TPSA) is 69.3 Å². The number of aromatic amines is 1. The Balaban J connectivity index is 1.71. The van der Waals surface area contributed by atoms with Gasteiger partial charge in [-0.15, -0.1) is 0 Å². The van der Waals surface area contributed by atoms with Gasteiger partial charge in [0.05, 0.1) is 11.8 Å². The van der Waals surface area contributed by atoms with Crippen LogP contribution in [0.15, 0.2) is 12.4 Å². The van der Waals surface area contributed by atoms with E-state index in [2.05, 4.69) is 10.2 Å². The van der Waals surface area contributed by atoms with Gasteiger partial charge in [-0.3, -0.25) is 14.7 Å². The maximum atomic E-state index is 12.6. The number of likely N-dealkylation sites (tertiary alicyclic amines) is 2. The van der Waals surface area contributed by atoms with Crippen molar-refractivity contribution in [2.45, 2.75) is 38.1 Å². The molecule has 6 nitrogen and oxygen atoms in total. The smallest absolute Gasteiger partial charge is 0.257 e. The molecule has 1 aromatic rings. The quantitative estimate of drug-likeness (QED) is 0.877. The Labute approximate surface area is 118 Å². The third kappa shape index (κ3) is 2.42. The first-order valence-electron chi connectivity index (χ1n) is 7.36. The Morgan fingerprint density at radius 2 is 1.95 bits per heavy atom. The summed E-state index contributed by atoms with van der Waals surface area (Å²) < 4.78 is 0. The molecular formula is C14H20N4O2. The van der Waals surface area contributed by atoms with E-state index in [0.29, 0.717) is 12.1 Å². The minimum absolute atomic E-state index is 0.0911. The van der Waals surface area contributed by atoms with E-state index in [9.17, 15) is 9.59 Å². The van der Waals surface area contributed by atoms with Crippen LogP contribution in [0.2, 0.25) is 0 Å². The van der Waals surface area contributed by atoms with Gasteiger partial charge in [0.2, 0.25) is 5.91 Å². The Bertz CT molecular complexity index is 479. The number of hydrogen-bond acceptors (Lipinski definition) is 3. The van der Waals surface area contributed by atoms with Gasteiger partial charge in [0.15, 0.2) is 0 Å². The van der Waals surface area contributed by atoms with Crippen molar-refractivity contribution in [3.63, 3.8) is 0 Å². The molecule has 0 unspecified atom stereocenters. The second-order valence-corrected chi connectivity index (χ2v) is 5.53. The fourth-order valence-corrected chi connectivity index (χ4v) is 3.13. The summed E-state index contributed by atoms with van der Waals surface area (Å²) in [7, 11) is 0. The molecule has 108 valence electrons. The first kappa shape index (κ1) is 13.1. The zero-order valence-corrected chi connectivity index (χ0v) is 11.5. The van der Waals surface area contributed by atoms with Crippen molar-refractivity contribution >= 4 is 11.8 Å². The van der Waals surface area contributed by atoms with E-state index in [1.54, 1.807) is 11.1 Å². The Hall–Kier alpha value is -1.85. The van der Waals surface area contributed by atoms with Crippen LogP contribution in [0.5, 0.6) is 0 Å². The maximum absolute atomic E-state index is 12.6. The Kier molecular flexibility index (Phi) is 3.71. The van der Waals surface area contributed by atoms with E-state index in [1.807, 2.05) is 4.90 Å². The summed E-state index contributed by atoms with van der Waals surface area (Å²) in [6.45, 7) is 2.33. The lowest BCUT2D eigenvalue weighted by molar-refractivity contribution is -0.136. The summed E-state index contributed by atoms with van der Waals surface area (Å²) in [6, 6.07) is -0.282. The highest BCUT2D eigenvalue weighted by Crippen LogP contribution is 2.23. The van der Waals surface area contributed by atoms with Gasteiger partial charge in [-0.1, -0.05) is 0 Å². The molecule has 0 aromatic carbocycles. The highest BCUT2D eigenvalue weighted by atomic mass is 16.2. The van der Waals surface area contributed by atoms with E-state index in [0.717, 1.165) is 38.8 Å². The van der Waals surface area contributed by atoms with Crippen LogP contribution in [0.4, 0.5) is 0 Å². The molecular weight excluding hydrogens is 256 g/mol. The van der Waals surface area contributed by atoms with Crippen LogP contribution in [0.25, 0.3) is 0 Å². The van der Waals surface area contributed by atoms with Crippen molar-refractivity contribution in [2.75, 3.05) is 19.6 Å². The number of rotatable bonds is 2. The van der Waals surface area contributed by atoms with Crippen LogP contribution in [-0.4, -0.2) is 57.5 Å². The summed E-state index contributed by atoms with van der Waals surface area (Å²) in [5.41, 5.74) is 0.531. The molecule has 0 saturated carbocycles. The first-order chi connectivity index (χ1) is 9.77. The predicted octanol–water partition coefficient (Wildman–Crippen LogP) is 1.03. The van der Waals surface area contributed by atoms with E-state index in [-0.39, 0.29) is 17.9 Å². The molecule has 0 spiro atoms. The second kappa shape index (κ2) is 5.64. The van der Waals surface area contributed by atoms with E-state index in [1.165, 1.54) is 12.6 Å². The van der Waals surface area contributed by atoms with E-state index < -0.39 is 0 Å². The van der Waals surface area contributed by atoms with Crippen LogP contribution in [0.1, 0.15) is 42.5 Å². The average Bonchev–Trinajstić information content (AvgIpc) is 3.18. The SMILES string of the molecule is O=C([C@@H]1CCCN1C(=O)c1cn[nH]c1)N1CCCCC1. The molecule has 1 N–H and O–H groups in total. The summed E-state index contributed by atoms with van der Waals surface area (Å²) in [5, 5.41) is 6.46. The number of carbonyl (C=O) groups is 2. The number of nitrogens with one attached hydrogen (secondary N) is 1. The number of carbonyl (C=O) groups excluding carboxylic acids is 2. The molecule has 3 rings (SSSR count). The van der Waals surface area contributed by atoms with E-state index in [4.69, 9.17) is 0 Å². The molecule has 1 atom stereocenters. The molecule has 1 aromatic heterocycles. The zero-order chi connectivity index (χ0) is 13.9. The summed E-state index contributed by atoms with van der Waals surface area (Å²) in [6.07, 6.45) is 8.13. The van der Waals surface area contributed by atoms with Gasteiger partial charge in [-0.25, -0.2) is 0 Å². The number of piperidine rings is 1. The third-order valence-corrected chi connectivity index (χ3v) is 4.21. The fourth-order valence-electron chi connectivity index (χ4n) is 3.13. The minimum Gasteiger partial charge on any atom is -0.341 e. The molecule has 0 aliphatic carbocycles. The highest BCUT2D eigenvalue weighted by molar-refractivity contribution is 5.97. The molecule has 3 heterocycles. The monoisotopic (exact) mass is 276 g/mol. The molecule has 20 heavy (non-hydrogen) atoms. The van der Waals surface area contributed by atoms with Gasteiger partial charge < -0.3 is 9.80 Å². The van der Waals surface area contributed by atoms with Gasteiger partial charge in [-0.05, 0) is 32.1 Å². The lowest BCUT2D eigenvalue weighted by Gasteiger charge is -2.32. The van der Waals surface area contributed by atoms with Crippen molar-refractivity contribution in [1.29, 1.82) is 0 Å². The Morgan fingerprint density at radius 1 is 1.15 bits per heavy atom. The molecule has 2 fully saturated rings.